The zero-order valence-corrected chi connectivity index (χ0v) is 16.1. The molecule has 0 saturated heterocycles. The molecule has 0 spiro atoms. The van der Waals surface area contributed by atoms with Crippen LogP contribution in [0.1, 0.15) is 64.2 Å². The van der Waals surface area contributed by atoms with Crippen LogP contribution in [0.4, 0.5) is 9.59 Å². The number of ether oxygens (including phenoxy) is 2. The molecule has 2 aliphatic rings. The average molecular weight is 370 g/mol. The van der Waals surface area contributed by atoms with Crippen LogP contribution < -0.4 is 10.6 Å². The Balaban J connectivity index is 1.45. The lowest BCUT2D eigenvalue weighted by Gasteiger charge is -2.23. The van der Waals surface area contributed by atoms with E-state index >= 15 is 0 Å². The van der Waals surface area contributed by atoms with Crippen molar-refractivity contribution in [2.45, 2.75) is 76.3 Å². The monoisotopic (exact) mass is 369 g/mol. The van der Waals surface area contributed by atoms with Crippen molar-refractivity contribution in [1.82, 2.24) is 15.5 Å². The van der Waals surface area contributed by atoms with Crippen LogP contribution >= 0.6 is 0 Å². The fourth-order valence-corrected chi connectivity index (χ4v) is 3.61. The number of amides is 2. The van der Waals surface area contributed by atoms with Crippen molar-refractivity contribution >= 4 is 12.2 Å². The maximum absolute atomic E-state index is 11.8. The Morgan fingerprint density at radius 2 is 1.15 bits per heavy atom. The van der Waals surface area contributed by atoms with Gasteiger partial charge in [0.2, 0.25) is 0 Å². The van der Waals surface area contributed by atoms with Crippen molar-refractivity contribution in [1.29, 1.82) is 0 Å². The summed E-state index contributed by atoms with van der Waals surface area (Å²) in [4.78, 5) is 25.5. The molecule has 0 bridgehead atoms. The summed E-state index contributed by atoms with van der Waals surface area (Å²) in [7, 11) is 1.92. The van der Waals surface area contributed by atoms with Gasteiger partial charge in [0.1, 0.15) is 13.2 Å². The second kappa shape index (κ2) is 12.0. The van der Waals surface area contributed by atoms with Gasteiger partial charge in [-0.1, -0.05) is 38.5 Å². The van der Waals surface area contributed by atoms with E-state index in [0.29, 0.717) is 26.3 Å². The maximum Gasteiger partial charge on any atom is 0.407 e. The number of carbonyl (C=O) groups excluding carboxylic acids is 2. The number of alkyl carbamates (subject to hydrolysis) is 2. The average Bonchev–Trinajstić information content (AvgIpc) is 2.63. The SMILES string of the molecule is CN(CCOC(=O)NC1CCCCC1)CCOC(=O)NC1CCCCC1. The third-order valence-electron chi connectivity index (χ3n) is 5.27. The summed E-state index contributed by atoms with van der Waals surface area (Å²) >= 11 is 0. The van der Waals surface area contributed by atoms with Crippen molar-refractivity contribution in [3.63, 3.8) is 0 Å². The quantitative estimate of drug-likeness (QED) is 0.687. The fourth-order valence-electron chi connectivity index (χ4n) is 3.61. The van der Waals surface area contributed by atoms with Gasteiger partial charge in [-0.3, -0.25) is 4.90 Å². The predicted molar refractivity (Wildman–Crippen MR) is 100 cm³/mol. The standard InChI is InChI=1S/C19H35N3O4/c1-22(12-14-25-18(23)20-16-8-4-2-5-9-16)13-15-26-19(24)21-17-10-6-3-7-11-17/h16-17H,2-15H2,1H3,(H,20,23)(H,21,24). The minimum absolute atomic E-state index is 0.269. The Bertz CT molecular complexity index is 383. The molecule has 0 aromatic heterocycles. The first-order valence-corrected chi connectivity index (χ1v) is 10.2. The number of hydrogen-bond acceptors (Lipinski definition) is 5. The van der Waals surface area contributed by atoms with Gasteiger partial charge in [-0.15, -0.1) is 0 Å². The molecule has 0 heterocycles. The number of rotatable bonds is 8. The number of likely N-dealkylation sites (N-methyl/N-ethyl adjacent to an activating group) is 1. The van der Waals surface area contributed by atoms with E-state index in [2.05, 4.69) is 10.6 Å². The molecule has 0 unspecified atom stereocenters. The molecular formula is C19H35N3O4. The van der Waals surface area contributed by atoms with E-state index in [0.717, 1.165) is 25.7 Å². The molecular weight excluding hydrogens is 334 g/mol. The van der Waals surface area contributed by atoms with E-state index < -0.39 is 0 Å². The summed E-state index contributed by atoms with van der Waals surface area (Å²) in [6.07, 6.45) is 10.8. The van der Waals surface area contributed by atoms with Gasteiger partial charge >= 0.3 is 12.2 Å². The molecule has 26 heavy (non-hydrogen) atoms. The van der Waals surface area contributed by atoms with Gasteiger partial charge in [0.25, 0.3) is 0 Å². The number of hydrogen-bond donors (Lipinski definition) is 2. The molecule has 0 atom stereocenters. The Hall–Kier alpha value is -1.50. The molecule has 2 rings (SSSR count). The first kappa shape index (κ1) is 20.8. The van der Waals surface area contributed by atoms with Crippen molar-refractivity contribution in [3.8, 4) is 0 Å². The predicted octanol–water partition coefficient (Wildman–Crippen LogP) is 3.04. The lowest BCUT2D eigenvalue weighted by molar-refractivity contribution is 0.110. The van der Waals surface area contributed by atoms with Gasteiger partial charge in [0.15, 0.2) is 0 Å². The van der Waals surface area contributed by atoms with Crippen LogP contribution in [0.15, 0.2) is 0 Å². The van der Waals surface area contributed by atoms with Gasteiger partial charge in [0.05, 0.1) is 0 Å². The lowest BCUT2D eigenvalue weighted by Crippen LogP contribution is -2.38. The van der Waals surface area contributed by atoms with E-state index in [1.807, 2.05) is 11.9 Å². The maximum atomic E-state index is 11.8. The van der Waals surface area contributed by atoms with E-state index in [4.69, 9.17) is 9.47 Å². The Labute approximate surface area is 157 Å². The minimum Gasteiger partial charge on any atom is -0.448 e. The summed E-state index contributed by atoms with van der Waals surface area (Å²) in [6, 6.07) is 0.537. The fraction of sp³-hybridized carbons (Fsp3) is 0.895. The molecule has 0 aromatic rings. The highest BCUT2D eigenvalue weighted by Gasteiger charge is 2.17. The molecule has 2 aliphatic carbocycles. The highest BCUT2D eigenvalue weighted by atomic mass is 16.6. The highest BCUT2D eigenvalue weighted by Crippen LogP contribution is 2.18. The highest BCUT2D eigenvalue weighted by molar-refractivity contribution is 5.67. The Morgan fingerprint density at radius 3 is 1.54 bits per heavy atom. The largest absolute Gasteiger partial charge is 0.448 e. The molecule has 7 heteroatoms. The second-order valence-electron chi connectivity index (χ2n) is 7.53. The zero-order chi connectivity index (χ0) is 18.6. The van der Waals surface area contributed by atoms with Gasteiger partial charge in [-0.25, -0.2) is 9.59 Å². The van der Waals surface area contributed by atoms with Crippen molar-refractivity contribution in [2.75, 3.05) is 33.4 Å². The molecule has 2 fully saturated rings. The Kier molecular flexibility index (Phi) is 9.60. The molecule has 2 saturated carbocycles. The third-order valence-corrected chi connectivity index (χ3v) is 5.27. The van der Waals surface area contributed by atoms with Crippen molar-refractivity contribution in [3.05, 3.63) is 0 Å². The van der Waals surface area contributed by atoms with Crippen LogP contribution in [0.2, 0.25) is 0 Å². The van der Waals surface area contributed by atoms with Crippen LogP contribution in [0.5, 0.6) is 0 Å². The first-order chi connectivity index (χ1) is 12.6. The first-order valence-electron chi connectivity index (χ1n) is 10.2. The summed E-state index contributed by atoms with van der Waals surface area (Å²) in [6.45, 7) is 1.91. The van der Waals surface area contributed by atoms with E-state index in [1.54, 1.807) is 0 Å². The molecule has 0 aromatic carbocycles. The van der Waals surface area contributed by atoms with E-state index in [-0.39, 0.29) is 24.3 Å². The van der Waals surface area contributed by atoms with Crippen molar-refractivity contribution < 1.29 is 19.1 Å². The topological polar surface area (TPSA) is 79.9 Å². The van der Waals surface area contributed by atoms with Gasteiger partial charge in [-0.2, -0.15) is 0 Å². The van der Waals surface area contributed by atoms with Crippen LogP contribution in [0.3, 0.4) is 0 Å². The smallest absolute Gasteiger partial charge is 0.407 e. The molecule has 0 radical (unpaired) electrons. The number of nitrogens with zero attached hydrogens (tertiary/aromatic N) is 1. The van der Waals surface area contributed by atoms with Crippen LogP contribution in [-0.4, -0.2) is 62.5 Å². The van der Waals surface area contributed by atoms with Gasteiger partial charge < -0.3 is 20.1 Å². The molecule has 0 aliphatic heterocycles. The third kappa shape index (κ3) is 8.74. The molecule has 150 valence electrons. The van der Waals surface area contributed by atoms with E-state index in [1.165, 1.54) is 38.5 Å². The van der Waals surface area contributed by atoms with Gasteiger partial charge in [-0.05, 0) is 32.7 Å². The zero-order valence-electron chi connectivity index (χ0n) is 16.1. The lowest BCUT2D eigenvalue weighted by atomic mass is 9.96. The Morgan fingerprint density at radius 1 is 0.769 bits per heavy atom. The van der Waals surface area contributed by atoms with Gasteiger partial charge in [0, 0.05) is 25.2 Å². The second-order valence-corrected chi connectivity index (χ2v) is 7.53. The number of carbonyl (C=O) groups is 2. The number of nitrogens with one attached hydrogen (secondary N) is 2. The summed E-state index contributed by atoms with van der Waals surface area (Å²) in [5.41, 5.74) is 0. The van der Waals surface area contributed by atoms with Crippen LogP contribution in [-0.2, 0) is 9.47 Å². The van der Waals surface area contributed by atoms with Crippen LogP contribution in [0.25, 0.3) is 0 Å². The van der Waals surface area contributed by atoms with Crippen molar-refractivity contribution in [2.24, 2.45) is 0 Å². The van der Waals surface area contributed by atoms with Crippen LogP contribution in [0, 0.1) is 0 Å². The summed E-state index contributed by atoms with van der Waals surface area (Å²) in [5, 5.41) is 5.86. The molecule has 2 N–H and O–H groups in total. The minimum atomic E-state index is -0.326. The normalized spacial score (nSPS) is 19.2. The van der Waals surface area contributed by atoms with E-state index in [9.17, 15) is 9.59 Å². The molecule has 7 nitrogen and oxygen atoms in total. The summed E-state index contributed by atoms with van der Waals surface area (Å²) in [5.74, 6) is 0. The summed E-state index contributed by atoms with van der Waals surface area (Å²) < 4.78 is 10.5. The molecule has 2 amide bonds.